The van der Waals surface area contributed by atoms with Crippen LogP contribution in [0.1, 0.15) is 38.5 Å². The molecule has 0 aromatic heterocycles. The number of amides is 1. The second-order valence-corrected chi connectivity index (χ2v) is 6.18. The second kappa shape index (κ2) is 4.82. The molecule has 1 saturated carbocycles. The van der Waals surface area contributed by atoms with Gasteiger partial charge in [0.05, 0.1) is 12.0 Å². The summed E-state index contributed by atoms with van der Waals surface area (Å²) >= 11 is 0. The van der Waals surface area contributed by atoms with Gasteiger partial charge in [-0.3, -0.25) is 4.79 Å². The van der Waals surface area contributed by atoms with Gasteiger partial charge in [0.1, 0.15) is 0 Å². The zero-order valence-electron chi connectivity index (χ0n) is 11.3. The molecular formula is C14H24N2O2. The number of rotatable bonds is 3. The molecule has 0 spiro atoms. The van der Waals surface area contributed by atoms with Gasteiger partial charge in [0.2, 0.25) is 5.91 Å². The summed E-state index contributed by atoms with van der Waals surface area (Å²) in [5, 5.41) is 3.55. The standard InChI is InChI=1S/C14H24N2O2/c1-18-14(5-3-6-14)8-13(17)16-9-11-4-2-7-15-12(11)10-16/h11-12,15H,2-10H2,1H3. The summed E-state index contributed by atoms with van der Waals surface area (Å²) in [6, 6.07) is 0.544. The molecule has 1 aliphatic carbocycles. The Morgan fingerprint density at radius 1 is 1.39 bits per heavy atom. The molecule has 2 unspecified atom stereocenters. The average molecular weight is 252 g/mol. The number of fused-ring (bicyclic) bond motifs is 1. The first-order chi connectivity index (χ1) is 8.72. The predicted molar refractivity (Wildman–Crippen MR) is 69.3 cm³/mol. The van der Waals surface area contributed by atoms with Crippen LogP contribution in [0.2, 0.25) is 0 Å². The molecule has 0 aromatic rings. The summed E-state index contributed by atoms with van der Waals surface area (Å²) in [6.07, 6.45) is 6.42. The molecule has 102 valence electrons. The van der Waals surface area contributed by atoms with Gasteiger partial charge in [-0.2, -0.15) is 0 Å². The number of piperidine rings is 1. The fraction of sp³-hybridized carbons (Fsp3) is 0.929. The molecule has 1 N–H and O–H groups in total. The highest BCUT2D eigenvalue weighted by atomic mass is 16.5. The van der Waals surface area contributed by atoms with Gasteiger partial charge >= 0.3 is 0 Å². The Hall–Kier alpha value is -0.610. The minimum absolute atomic E-state index is 0.127. The van der Waals surface area contributed by atoms with Crippen molar-refractivity contribution >= 4 is 5.91 Å². The third kappa shape index (κ3) is 2.16. The molecule has 2 atom stereocenters. The highest BCUT2D eigenvalue weighted by Crippen LogP contribution is 2.39. The van der Waals surface area contributed by atoms with E-state index in [9.17, 15) is 4.79 Å². The van der Waals surface area contributed by atoms with Crippen molar-refractivity contribution in [2.24, 2.45) is 5.92 Å². The largest absolute Gasteiger partial charge is 0.378 e. The molecule has 0 radical (unpaired) electrons. The van der Waals surface area contributed by atoms with Crippen LogP contribution in [-0.4, -0.2) is 49.2 Å². The van der Waals surface area contributed by atoms with Gasteiger partial charge in [-0.15, -0.1) is 0 Å². The van der Waals surface area contributed by atoms with Crippen LogP contribution in [0, 0.1) is 5.92 Å². The Morgan fingerprint density at radius 2 is 2.22 bits per heavy atom. The van der Waals surface area contributed by atoms with Gasteiger partial charge < -0.3 is 15.0 Å². The van der Waals surface area contributed by atoms with Crippen molar-refractivity contribution < 1.29 is 9.53 Å². The van der Waals surface area contributed by atoms with Crippen molar-refractivity contribution in [3.05, 3.63) is 0 Å². The molecule has 4 nitrogen and oxygen atoms in total. The monoisotopic (exact) mass is 252 g/mol. The first kappa shape index (κ1) is 12.4. The van der Waals surface area contributed by atoms with Gasteiger partial charge in [-0.05, 0) is 44.6 Å². The first-order valence-corrected chi connectivity index (χ1v) is 7.29. The molecule has 3 aliphatic rings. The lowest BCUT2D eigenvalue weighted by molar-refractivity contribution is -0.143. The van der Waals surface area contributed by atoms with Gasteiger partial charge in [-0.25, -0.2) is 0 Å². The van der Waals surface area contributed by atoms with Crippen LogP contribution in [0.5, 0.6) is 0 Å². The van der Waals surface area contributed by atoms with Crippen molar-refractivity contribution in [2.75, 3.05) is 26.7 Å². The number of nitrogens with zero attached hydrogens (tertiary/aromatic N) is 1. The van der Waals surface area contributed by atoms with E-state index in [1.165, 1.54) is 19.3 Å². The third-order valence-electron chi connectivity index (χ3n) is 5.12. The number of ether oxygens (including phenoxy) is 1. The summed E-state index contributed by atoms with van der Waals surface area (Å²) in [4.78, 5) is 14.4. The fourth-order valence-corrected chi connectivity index (χ4v) is 3.66. The first-order valence-electron chi connectivity index (χ1n) is 7.29. The molecule has 3 fully saturated rings. The molecule has 18 heavy (non-hydrogen) atoms. The Bertz CT molecular complexity index is 308. The van der Waals surface area contributed by atoms with Crippen LogP contribution in [0.25, 0.3) is 0 Å². The number of nitrogens with one attached hydrogen (secondary N) is 1. The number of hydrogen-bond donors (Lipinski definition) is 1. The molecule has 0 aromatic carbocycles. The van der Waals surface area contributed by atoms with Crippen LogP contribution in [0.3, 0.4) is 0 Å². The molecular weight excluding hydrogens is 228 g/mol. The summed E-state index contributed by atoms with van der Waals surface area (Å²) in [7, 11) is 1.75. The molecule has 0 bridgehead atoms. The van der Waals surface area contributed by atoms with E-state index in [1.807, 2.05) is 0 Å². The maximum absolute atomic E-state index is 12.4. The minimum atomic E-state index is -0.127. The second-order valence-electron chi connectivity index (χ2n) is 6.18. The van der Waals surface area contributed by atoms with E-state index in [-0.39, 0.29) is 5.60 Å². The molecule has 2 heterocycles. The highest BCUT2D eigenvalue weighted by Gasteiger charge is 2.42. The average Bonchev–Trinajstić information content (AvgIpc) is 2.77. The van der Waals surface area contributed by atoms with E-state index in [0.717, 1.165) is 32.5 Å². The highest BCUT2D eigenvalue weighted by molar-refractivity contribution is 5.78. The van der Waals surface area contributed by atoms with Crippen LogP contribution in [-0.2, 0) is 9.53 Å². The summed E-state index contributed by atoms with van der Waals surface area (Å²) in [5.41, 5.74) is -0.127. The van der Waals surface area contributed by atoms with Gasteiger partial charge in [0.25, 0.3) is 0 Å². The SMILES string of the molecule is COC1(CC(=O)N2CC3CCCNC3C2)CCC1. The zero-order valence-corrected chi connectivity index (χ0v) is 11.3. The van der Waals surface area contributed by atoms with Crippen LogP contribution in [0.4, 0.5) is 0 Å². The van der Waals surface area contributed by atoms with Crippen LogP contribution < -0.4 is 5.32 Å². The topological polar surface area (TPSA) is 41.6 Å². The summed E-state index contributed by atoms with van der Waals surface area (Å²) in [6.45, 7) is 2.98. The molecule has 4 heteroatoms. The molecule has 2 saturated heterocycles. The van der Waals surface area contributed by atoms with E-state index in [4.69, 9.17) is 4.74 Å². The Morgan fingerprint density at radius 3 is 2.83 bits per heavy atom. The van der Waals surface area contributed by atoms with Gasteiger partial charge in [0, 0.05) is 26.2 Å². The van der Waals surface area contributed by atoms with E-state index < -0.39 is 0 Å². The van der Waals surface area contributed by atoms with Gasteiger partial charge in [0.15, 0.2) is 0 Å². The summed E-state index contributed by atoms with van der Waals surface area (Å²) in [5.74, 6) is 0.982. The summed E-state index contributed by atoms with van der Waals surface area (Å²) < 4.78 is 5.56. The normalized spacial score (nSPS) is 33.9. The number of likely N-dealkylation sites (tertiary alicyclic amines) is 1. The van der Waals surface area contributed by atoms with E-state index in [1.54, 1.807) is 7.11 Å². The number of hydrogen-bond acceptors (Lipinski definition) is 3. The van der Waals surface area contributed by atoms with Crippen molar-refractivity contribution in [1.29, 1.82) is 0 Å². The molecule has 2 aliphatic heterocycles. The minimum Gasteiger partial charge on any atom is -0.378 e. The van der Waals surface area contributed by atoms with E-state index in [0.29, 0.717) is 24.3 Å². The van der Waals surface area contributed by atoms with Crippen LogP contribution >= 0.6 is 0 Å². The fourth-order valence-electron chi connectivity index (χ4n) is 3.66. The quantitative estimate of drug-likeness (QED) is 0.819. The van der Waals surface area contributed by atoms with Crippen molar-refractivity contribution in [1.82, 2.24) is 10.2 Å². The number of methoxy groups -OCH3 is 1. The lowest BCUT2D eigenvalue weighted by Crippen LogP contribution is -2.45. The Kier molecular flexibility index (Phi) is 3.32. The lowest BCUT2D eigenvalue weighted by atomic mass is 9.77. The zero-order chi connectivity index (χ0) is 12.6. The molecule has 3 rings (SSSR count). The Labute approximate surface area is 109 Å². The smallest absolute Gasteiger partial charge is 0.225 e. The maximum atomic E-state index is 12.4. The number of carbonyl (C=O) groups excluding carboxylic acids is 1. The third-order valence-corrected chi connectivity index (χ3v) is 5.12. The lowest BCUT2D eigenvalue weighted by Gasteiger charge is -2.40. The van der Waals surface area contributed by atoms with Crippen molar-refractivity contribution in [3.8, 4) is 0 Å². The van der Waals surface area contributed by atoms with Crippen molar-refractivity contribution in [2.45, 2.75) is 50.2 Å². The molecule has 1 amide bonds. The van der Waals surface area contributed by atoms with E-state index >= 15 is 0 Å². The van der Waals surface area contributed by atoms with E-state index in [2.05, 4.69) is 10.2 Å². The van der Waals surface area contributed by atoms with Gasteiger partial charge in [-0.1, -0.05) is 0 Å². The van der Waals surface area contributed by atoms with Crippen LogP contribution in [0.15, 0.2) is 0 Å². The number of carbonyl (C=O) groups is 1. The Balaban J connectivity index is 1.57. The predicted octanol–water partition coefficient (Wildman–Crippen LogP) is 1.16. The van der Waals surface area contributed by atoms with Crippen molar-refractivity contribution in [3.63, 3.8) is 0 Å². The maximum Gasteiger partial charge on any atom is 0.225 e.